The molecular formula is C12H22N4. The van der Waals surface area contributed by atoms with Crippen LogP contribution in [0.25, 0.3) is 0 Å². The monoisotopic (exact) mass is 222 g/mol. The first kappa shape index (κ1) is 11.4. The Balaban J connectivity index is 2.20. The van der Waals surface area contributed by atoms with Crippen LogP contribution >= 0.6 is 0 Å². The van der Waals surface area contributed by atoms with Gasteiger partial charge in [0.2, 0.25) is 0 Å². The van der Waals surface area contributed by atoms with Crippen molar-refractivity contribution < 1.29 is 0 Å². The summed E-state index contributed by atoms with van der Waals surface area (Å²) in [6.07, 6.45) is 5.37. The van der Waals surface area contributed by atoms with Crippen LogP contribution in [0.2, 0.25) is 0 Å². The van der Waals surface area contributed by atoms with Gasteiger partial charge in [0.1, 0.15) is 0 Å². The van der Waals surface area contributed by atoms with Crippen molar-refractivity contribution >= 4 is 5.82 Å². The zero-order chi connectivity index (χ0) is 11.8. The Morgan fingerprint density at radius 1 is 1.31 bits per heavy atom. The number of rotatable bonds is 2. The summed E-state index contributed by atoms with van der Waals surface area (Å²) in [7, 11) is 0. The van der Waals surface area contributed by atoms with Crippen LogP contribution in [0.5, 0.6) is 0 Å². The summed E-state index contributed by atoms with van der Waals surface area (Å²) in [4.78, 5) is 0. The lowest BCUT2D eigenvalue weighted by Crippen LogP contribution is -2.22. The minimum Gasteiger partial charge on any atom is -0.381 e. The third kappa shape index (κ3) is 2.20. The first-order chi connectivity index (χ1) is 7.48. The molecule has 0 saturated heterocycles. The first-order valence-electron chi connectivity index (χ1n) is 6.18. The average molecular weight is 222 g/mol. The summed E-state index contributed by atoms with van der Waals surface area (Å²) in [6.45, 7) is 7.46. The van der Waals surface area contributed by atoms with Crippen LogP contribution in [0.3, 0.4) is 0 Å². The van der Waals surface area contributed by atoms with E-state index in [0.29, 0.717) is 5.82 Å². The van der Waals surface area contributed by atoms with E-state index in [1.807, 2.05) is 4.68 Å². The lowest BCUT2D eigenvalue weighted by molar-refractivity contribution is 0.389. The Labute approximate surface area is 97.2 Å². The summed E-state index contributed by atoms with van der Waals surface area (Å²) >= 11 is 0. The van der Waals surface area contributed by atoms with Gasteiger partial charge in [-0.15, -0.1) is 5.10 Å². The first-order valence-corrected chi connectivity index (χ1v) is 6.18. The van der Waals surface area contributed by atoms with Gasteiger partial charge >= 0.3 is 0 Å². The smallest absolute Gasteiger partial charge is 0.169 e. The summed E-state index contributed by atoms with van der Waals surface area (Å²) in [5, 5.41) is 8.20. The van der Waals surface area contributed by atoms with Gasteiger partial charge in [-0.3, -0.25) is 0 Å². The number of nitrogen functional groups attached to an aromatic ring is 1. The second kappa shape index (κ2) is 4.07. The van der Waals surface area contributed by atoms with Crippen LogP contribution < -0.4 is 5.73 Å². The summed E-state index contributed by atoms with van der Waals surface area (Å²) < 4.78 is 2.02. The fourth-order valence-corrected chi connectivity index (χ4v) is 2.66. The van der Waals surface area contributed by atoms with Gasteiger partial charge in [0.25, 0.3) is 0 Å². The molecule has 0 spiro atoms. The largest absolute Gasteiger partial charge is 0.381 e. The van der Waals surface area contributed by atoms with E-state index in [-0.39, 0.29) is 5.41 Å². The van der Waals surface area contributed by atoms with Crippen LogP contribution in [0.4, 0.5) is 5.82 Å². The average Bonchev–Trinajstić information content (AvgIpc) is 2.75. The molecule has 1 aromatic rings. The Bertz CT molecular complexity index is 356. The van der Waals surface area contributed by atoms with E-state index in [4.69, 9.17) is 5.73 Å². The second-order valence-electron chi connectivity index (χ2n) is 5.91. The van der Waals surface area contributed by atoms with Crippen LogP contribution in [0.1, 0.15) is 52.1 Å². The van der Waals surface area contributed by atoms with Crippen LogP contribution in [0, 0.1) is 5.92 Å². The molecule has 0 bridgehead atoms. The molecule has 16 heavy (non-hydrogen) atoms. The molecule has 2 rings (SSSR count). The Kier molecular flexibility index (Phi) is 2.91. The lowest BCUT2D eigenvalue weighted by Gasteiger charge is -2.21. The van der Waals surface area contributed by atoms with E-state index in [1.54, 1.807) is 0 Å². The van der Waals surface area contributed by atoms with Crippen molar-refractivity contribution in [3.63, 3.8) is 0 Å². The summed E-state index contributed by atoms with van der Waals surface area (Å²) in [5.41, 5.74) is 7.01. The zero-order valence-electron chi connectivity index (χ0n) is 10.5. The van der Waals surface area contributed by atoms with Gasteiger partial charge in [0, 0.05) is 12.0 Å². The SMILES string of the molecule is CC(C)(C)c1c(N)nnn1CC1CCCC1. The Morgan fingerprint density at radius 3 is 2.50 bits per heavy atom. The van der Waals surface area contributed by atoms with E-state index >= 15 is 0 Å². The molecule has 2 N–H and O–H groups in total. The van der Waals surface area contributed by atoms with Crippen molar-refractivity contribution in [1.29, 1.82) is 0 Å². The molecule has 0 unspecified atom stereocenters. The molecule has 1 heterocycles. The summed E-state index contributed by atoms with van der Waals surface area (Å²) in [6, 6.07) is 0. The number of nitrogens with zero attached hydrogens (tertiary/aromatic N) is 3. The highest BCUT2D eigenvalue weighted by molar-refractivity contribution is 5.37. The third-order valence-corrected chi connectivity index (χ3v) is 3.38. The predicted molar refractivity (Wildman–Crippen MR) is 65.1 cm³/mol. The lowest BCUT2D eigenvalue weighted by atomic mass is 9.91. The van der Waals surface area contributed by atoms with Crippen molar-refractivity contribution in [3.05, 3.63) is 5.69 Å². The molecule has 0 radical (unpaired) electrons. The van der Waals surface area contributed by atoms with E-state index in [2.05, 4.69) is 31.1 Å². The zero-order valence-corrected chi connectivity index (χ0v) is 10.5. The molecule has 4 heteroatoms. The maximum absolute atomic E-state index is 5.91. The van der Waals surface area contributed by atoms with Crippen molar-refractivity contribution in [2.45, 2.75) is 58.4 Å². The Hall–Kier alpha value is -1.06. The highest BCUT2D eigenvalue weighted by Crippen LogP contribution is 2.30. The highest BCUT2D eigenvalue weighted by Gasteiger charge is 2.26. The van der Waals surface area contributed by atoms with Gasteiger partial charge in [-0.1, -0.05) is 38.8 Å². The number of anilines is 1. The topological polar surface area (TPSA) is 56.7 Å². The van der Waals surface area contributed by atoms with Gasteiger partial charge in [0.05, 0.1) is 5.69 Å². The molecule has 1 aliphatic rings. The molecule has 0 aromatic carbocycles. The molecule has 0 atom stereocenters. The minimum absolute atomic E-state index is 0.0200. The van der Waals surface area contributed by atoms with Gasteiger partial charge in [-0.05, 0) is 18.8 Å². The van der Waals surface area contributed by atoms with Gasteiger partial charge in [0.15, 0.2) is 5.82 Å². The van der Waals surface area contributed by atoms with E-state index in [9.17, 15) is 0 Å². The number of nitrogens with two attached hydrogens (primary N) is 1. The van der Waals surface area contributed by atoms with Crippen molar-refractivity contribution in [1.82, 2.24) is 15.0 Å². The van der Waals surface area contributed by atoms with Crippen molar-refractivity contribution in [2.75, 3.05) is 5.73 Å². The van der Waals surface area contributed by atoms with Gasteiger partial charge in [-0.2, -0.15) is 0 Å². The Morgan fingerprint density at radius 2 is 1.94 bits per heavy atom. The molecule has 0 aliphatic heterocycles. The maximum Gasteiger partial charge on any atom is 0.169 e. The van der Waals surface area contributed by atoms with Gasteiger partial charge < -0.3 is 5.73 Å². The number of hydrogen-bond acceptors (Lipinski definition) is 3. The number of hydrogen-bond donors (Lipinski definition) is 1. The molecule has 4 nitrogen and oxygen atoms in total. The second-order valence-corrected chi connectivity index (χ2v) is 5.91. The highest BCUT2D eigenvalue weighted by atomic mass is 15.4. The molecule has 1 aliphatic carbocycles. The van der Waals surface area contributed by atoms with Crippen molar-refractivity contribution in [2.24, 2.45) is 5.92 Å². The van der Waals surface area contributed by atoms with Crippen LogP contribution in [-0.2, 0) is 12.0 Å². The molecule has 0 amide bonds. The normalized spacial score (nSPS) is 18.2. The van der Waals surface area contributed by atoms with E-state index < -0.39 is 0 Å². The summed E-state index contributed by atoms with van der Waals surface area (Å²) in [5.74, 6) is 1.35. The molecular weight excluding hydrogens is 200 g/mol. The third-order valence-electron chi connectivity index (χ3n) is 3.38. The molecule has 1 fully saturated rings. The fourth-order valence-electron chi connectivity index (χ4n) is 2.66. The quantitative estimate of drug-likeness (QED) is 0.835. The molecule has 1 saturated carbocycles. The maximum atomic E-state index is 5.91. The van der Waals surface area contributed by atoms with Crippen LogP contribution in [0.15, 0.2) is 0 Å². The molecule has 1 aromatic heterocycles. The van der Waals surface area contributed by atoms with E-state index in [0.717, 1.165) is 18.2 Å². The van der Waals surface area contributed by atoms with Crippen molar-refractivity contribution in [3.8, 4) is 0 Å². The minimum atomic E-state index is 0.0200. The number of aromatic nitrogens is 3. The fraction of sp³-hybridized carbons (Fsp3) is 0.833. The van der Waals surface area contributed by atoms with Crippen LogP contribution in [-0.4, -0.2) is 15.0 Å². The standard InChI is InChI=1S/C12H22N4/c1-12(2,3)10-11(13)14-15-16(10)8-9-6-4-5-7-9/h9H,4-8,13H2,1-3H3. The van der Waals surface area contributed by atoms with E-state index in [1.165, 1.54) is 25.7 Å². The molecule has 90 valence electrons. The van der Waals surface area contributed by atoms with Gasteiger partial charge in [-0.25, -0.2) is 4.68 Å². The predicted octanol–water partition coefficient (Wildman–Crippen LogP) is 2.35.